The number of carbonyl (C=O) groups excluding carboxylic acids is 1. The van der Waals surface area contributed by atoms with Crippen LogP contribution in [0.15, 0.2) is 53.0 Å². The van der Waals surface area contributed by atoms with E-state index in [2.05, 4.69) is 11.3 Å². The van der Waals surface area contributed by atoms with Crippen LogP contribution in [0, 0.1) is 12.3 Å². The molecular formula is C21H31NO4S. The monoisotopic (exact) mass is 393 g/mol. The maximum Gasteiger partial charge on any atom is 0.333 e. The van der Waals surface area contributed by atoms with Crippen molar-refractivity contribution in [3.63, 3.8) is 0 Å². The maximum atomic E-state index is 12.7. The standard InChI is InChI=1S/C21H31NO4S/c1-15(2)12-18(13-17(4)20(23)26-14-21(5,6)7)22-27(24,25)19-10-8-16(3)9-11-19/h8-12,18,22H,4,13-14H2,1-3,5-7H3. The van der Waals surface area contributed by atoms with Gasteiger partial charge < -0.3 is 4.74 Å². The fraction of sp³-hybridized carbons (Fsp3) is 0.476. The molecule has 0 heterocycles. The molecule has 1 rings (SSSR count). The van der Waals surface area contributed by atoms with Crippen LogP contribution in [-0.2, 0) is 19.6 Å². The number of rotatable bonds is 8. The van der Waals surface area contributed by atoms with E-state index in [9.17, 15) is 13.2 Å². The van der Waals surface area contributed by atoms with E-state index in [0.717, 1.165) is 11.1 Å². The highest BCUT2D eigenvalue weighted by Gasteiger charge is 2.22. The summed E-state index contributed by atoms with van der Waals surface area (Å²) in [5.41, 5.74) is 1.99. The Morgan fingerprint density at radius 1 is 1.22 bits per heavy atom. The highest BCUT2D eigenvalue weighted by atomic mass is 32.2. The highest BCUT2D eigenvalue weighted by molar-refractivity contribution is 7.89. The smallest absolute Gasteiger partial charge is 0.333 e. The first-order chi connectivity index (χ1) is 12.3. The second kappa shape index (κ2) is 9.33. The van der Waals surface area contributed by atoms with E-state index in [4.69, 9.17) is 4.74 Å². The van der Waals surface area contributed by atoms with Crippen molar-refractivity contribution in [3.8, 4) is 0 Å². The molecule has 27 heavy (non-hydrogen) atoms. The van der Waals surface area contributed by atoms with Crippen LogP contribution in [0.2, 0.25) is 0 Å². The fourth-order valence-corrected chi connectivity index (χ4v) is 3.44. The predicted octanol–water partition coefficient (Wildman–Crippen LogP) is 4.14. The molecule has 5 nitrogen and oxygen atoms in total. The first kappa shape index (κ1) is 23.1. The van der Waals surface area contributed by atoms with Gasteiger partial charge >= 0.3 is 5.97 Å². The van der Waals surface area contributed by atoms with Crippen molar-refractivity contribution < 1.29 is 17.9 Å². The number of esters is 1. The Kier molecular flexibility index (Phi) is 7.99. The molecule has 0 aliphatic rings. The van der Waals surface area contributed by atoms with Crippen LogP contribution in [0.4, 0.5) is 0 Å². The van der Waals surface area contributed by atoms with E-state index in [1.54, 1.807) is 30.3 Å². The Morgan fingerprint density at radius 2 is 1.78 bits per heavy atom. The normalized spacial score (nSPS) is 13.0. The molecule has 1 unspecified atom stereocenters. The number of hydrogen-bond donors (Lipinski definition) is 1. The Morgan fingerprint density at radius 3 is 2.26 bits per heavy atom. The number of carbonyl (C=O) groups is 1. The summed E-state index contributed by atoms with van der Waals surface area (Å²) in [4.78, 5) is 12.3. The lowest BCUT2D eigenvalue weighted by Crippen LogP contribution is -2.35. The minimum absolute atomic E-state index is 0.138. The van der Waals surface area contributed by atoms with Gasteiger partial charge in [0.15, 0.2) is 0 Å². The quantitative estimate of drug-likeness (QED) is 0.409. The van der Waals surface area contributed by atoms with Crippen LogP contribution in [0.25, 0.3) is 0 Å². The lowest BCUT2D eigenvalue weighted by Gasteiger charge is -2.20. The Bertz CT molecular complexity index is 796. The Balaban J connectivity index is 2.90. The number of nitrogens with one attached hydrogen (secondary N) is 1. The third-order valence-corrected chi connectivity index (χ3v) is 5.07. The lowest BCUT2D eigenvalue weighted by atomic mass is 9.98. The Labute approximate surface area is 163 Å². The molecule has 150 valence electrons. The lowest BCUT2D eigenvalue weighted by molar-refractivity contribution is -0.141. The number of aryl methyl sites for hydroxylation is 1. The van der Waals surface area contributed by atoms with Crippen molar-refractivity contribution in [2.45, 2.75) is 58.9 Å². The van der Waals surface area contributed by atoms with E-state index in [0.29, 0.717) is 0 Å². The third kappa shape index (κ3) is 8.54. The molecule has 0 saturated heterocycles. The van der Waals surface area contributed by atoms with Gasteiger partial charge in [0.25, 0.3) is 0 Å². The zero-order chi connectivity index (χ0) is 20.8. The highest BCUT2D eigenvalue weighted by Crippen LogP contribution is 2.17. The summed E-state index contributed by atoms with van der Waals surface area (Å²) >= 11 is 0. The van der Waals surface area contributed by atoms with Gasteiger partial charge in [0.2, 0.25) is 10.0 Å². The number of sulfonamides is 1. The molecule has 0 fully saturated rings. The van der Waals surface area contributed by atoms with Crippen LogP contribution in [0.5, 0.6) is 0 Å². The van der Waals surface area contributed by atoms with Crippen LogP contribution < -0.4 is 4.72 Å². The van der Waals surface area contributed by atoms with Crippen LogP contribution >= 0.6 is 0 Å². The average Bonchev–Trinajstić information content (AvgIpc) is 2.51. The SMILES string of the molecule is C=C(CC(C=C(C)C)NS(=O)(=O)c1ccc(C)cc1)C(=O)OCC(C)(C)C. The zero-order valence-corrected chi connectivity index (χ0v) is 17.9. The third-order valence-electron chi connectivity index (χ3n) is 3.56. The van der Waals surface area contributed by atoms with Crippen LogP contribution in [-0.4, -0.2) is 27.0 Å². The molecule has 6 heteroatoms. The van der Waals surface area contributed by atoms with Crippen LogP contribution in [0.3, 0.4) is 0 Å². The van der Waals surface area contributed by atoms with Crippen LogP contribution in [0.1, 0.15) is 46.6 Å². The van der Waals surface area contributed by atoms with E-state index in [1.807, 2.05) is 41.5 Å². The van der Waals surface area contributed by atoms with Crippen molar-refractivity contribution in [1.29, 1.82) is 0 Å². The van der Waals surface area contributed by atoms with Crippen molar-refractivity contribution in [1.82, 2.24) is 4.72 Å². The molecular weight excluding hydrogens is 362 g/mol. The number of allylic oxidation sites excluding steroid dienone is 1. The van der Waals surface area contributed by atoms with Gasteiger partial charge in [0.1, 0.15) is 0 Å². The van der Waals surface area contributed by atoms with Crippen molar-refractivity contribution in [3.05, 3.63) is 53.6 Å². The van der Waals surface area contributed by atoms with Gasteiger partial charge in [-0.25, -0.2) is 17.9 Å². The summed E-state index contributed by atoms with van der Waals surface area (Å²) in [5, 5.41) is 0. The fourth-order valence-electron chi connectivity index (χ4n) is 2.25. The summed E-state index contributed by atoms with van der Waals surface area (Å²) in [6.07, 6.45) is 1.91. The number of hydrogen-bond acceptors (Lipinski definition) is 4. The largest absolute Gasteiger partial charge is 0.462 e. The molecule has 0 aromatic heterocycles. The molecule has 1 N–H and O–H groups in total. The first-order valence-electron chi connectivity index (χ1n) is 8.89. The molecule has 0 saturated carbocycles. The summed E-state index contributed by atoms with van der Waals surface area (Å²) in [5.74, 6) is -0.508. The molecule has 0 spiro atoms. The number of ether oxygens (including phenoxy) is 1. The maximum absolute atomic E-state index is 12.7. The molecule has 0 aliphatic carbocycles. The van der Waals surface area contributed by atoms with Gasteiger partial charge in [-0.2, -0.15) is 0 Å². The van der Waals surface area contributed by atoms with Gasteiger partial charge in [0.05, 0.1) is 11.5 Å². The van der Waals surface area contributed by atoms with E-state index < -0.39 is 22.0 Å². The molecule has 1 atom stereocenters. The second-order valence-corrected chi connectivity index (χ2v) is 9.94. The molecule has 1 aromatic carbocycles. The van der Waals surface area contributed by atoms with E-state index in [1.165, 1.54) is 0 Å². The minimum Gasteiger partial charge on any atom is -0.462 e. The van der Waals surface area contributed by atoms with Gasteiger partial charge in [0, 0.05) is 11.6 Å². The number of benzene rings is 1. The van der Waals surface area contributed by atoms with Gasteiger partial charge in [-0.3, -0.25) is 0 Å². The van der Waals surface area contributed by atoms with E-state index in [-0.39, 0.29) is 28.9 Å². The van der Waals surface area contributed by atoms with Gasteiger partial charge in [-0.05, 0) is 44.7 Å². The average molecular weight is 394 g/mol. The summed E-state index contributed by atoms with van der Waals surface area (Å²) in [7, 11) is -3.72. The van der Waals surface area contributed by atoms with Crippen molar-refractivity contribution >= 4 is 16.0 Å². The zero-order valence-electron chi connectivity index (χ0n) is 17.1. The van der Waals surface area contributed by atoms with Crippen molar-refractivity contribution in [2.75, 3.05) is 6.61 Å². The molecule has 0 amide bonds. The second-order valence-electron chi connectivity index (χ2n) is 8.23. The van der Waals surface area contributed by atoms with E-state index >= 15 is 0 Å². The summed E-state index contributed by atoms with van der Waals surface area (Å²) < 4.78 is 33.2. The predicted molar refractivity (Wildman–Crippen MR) is 109 cm³/mol. The van der Waals surface area contributed by atoms with Crippen molar-refractivity contribution in [2.24, 2.45) is 5.41 Å². The summed E-state index contributed by atoms with van der Waals surface area (Å²) in [6.45, 7) is 15.6. The molecule has 1 aromatic rings. The van der Waals surface area contributed by atoms with Gasteiger partial charge in [-0.1, -0.05) is 56.7 Å². The Hall–Kier alpha value is -1.92. The first-order valence-corrected chi connectivity index (χ1v) is 10.4. The van der Waals surface area contributed by atoms with Gasteiger partial charge in [-0.15, -0.1) is 0 Å². The molecule has 0 radical (unpaired) electrons. The minimum atomic E-state index is -3.72. The molecule has 0 aliphatic heterocycles. The summed E-state index contributed by atoms with van der Waals surface area (Å²) in [6, 6.07) is 6.02. The topological polar surface area (TPSA) is 72.5 Å². The molecule has 0 bridgehead atoms.